The predicted molar refractivity (Wildman–Crippen MR) is 165 cm³/mol. The van der Waals surface area contributed by atoms with Crippen LogP contribution >= 0.6 is 0 Å². The smallest absolute Gasteiger partial charge is 0.258 e. The van der Waals surface area contributed by atoms with Crippen LogP contribution in [0.4, 0.5) is 0 Å². The number of nitrogens with two attached hydrogens (primary N) is 2. The minimum Gasteiger partial charge on any atom is -0.484 e. The van der Waals surface area contributed by atoms with Gasteiger partial charge in [0.1, 0.15) is 11.5 Å². The molecule has 0 spiro atoms. The van der Waals surface area contributed by atoms with Gasteiger partial charge in [-0.3, -0.25) is 19.2 Å². The number of amides is 4. The lowest BCUT2D eigenvalue weighted by Crippen LogP contribution is -2.39. The number of ether oxygens (including phenoxy) is 2. The average Bonchev–Trinajstić information content (AvgIpc) is 3.01. The summed E-state index contributed by atoms with van der Waals surface area (Å²) in [6, 6.07) is 14.9. The van der Waals surface area contributed by atoms with Crippen LogP contribution in [0, 0.1) is 0 Å². The third-order valence-electron chi connectivity index (χ3n) is 6.69. The fourth-order valence-corrected chi connectivity index (χ4v) is 3.98. The number of carbonyl (C=O) groups is 4. The second-order valence-corrected chi connectivity index (χ2v) is 10.5. The summed E-state index contributed by atoms with van der Waals surface area (Å²) < 4.78 is 11.1. The number of nitrogens with one attached hydrogen (secondary N) is 4. The summed E-state index contributed by atoms with van der Waals surface area (Å²) in [7, 11) is 0. The number of hydrogen-bond donors (Lipinski definition) is 6. The van der Waals surface area contributed by atoms with Crippen molar-refractivity contribution in [3.8, 4) is 11.5 Å². The molecule has 0 aliphatic rings. The standard InChI is InChI=1S/C31H46N6O6/c1-31(2,23-7-11-25(12-8-23)42-21-29(40)36-19-27(38)34-17-5-3-15-32)24-9-13-26(14-10-24)43-22-30(41)37-20-28(39)35-18-6-4-16-33/h7-14H,3-6,15-22,32-33H2,1-2H3,(H,34,38)(H,35,39)(H,36,40)(H,37,41). The Balaban J connectivity index is 1.76. The van der Waals surface area contributed by atoms with E-state index in [-0.39, 0.29) is 55.3 Å². The lowest BCUT2D eigenvalue weighted by atomic mass is 9.78. The predicted octanol–water partition coefficient (Wildman–Crippen LogP) is 0.713. The Labute approximate surface area is 253 Å². The molecule has 0 aromatic heterocycles. The molecule has 2 aromatic carbocycles. The third-order valence-corrected chi connectivity index (χ3v) is 6.69. The summed E-state index contributed by atoms with van der Waals surface area (Å²) in [5.41, 5.74) is 12.6. The molecule has 0 aliphatic heterocycles. The van der Waals surface area contributed by atoms with Crippen LogP contribution in [0.3, 0.4) is 0 Å². The summed E-state index contributed by atoms with van der Waals surface area (Å²) in [5, 5.41) is 10.5. The van der Waals surface area contributed by atoms with Gasteiger partial charge >= 0.3 is 0 Å². The molecule has 236 valence electrons. The summed E-state index contributed by atoms with van der Waals surface area (Å²) >= 11 is 0. The van der Waals surface area contributed by atoms with Gasteiger partial charge in [-0.25, -0.2) is 0 Å². The lowest BCUT2D eigenvalue weighted by Gasteiger charge is -2.26. The summed E-state index contributed by atoms with van der Waals surface area (Å²) in [5.74, 6) is -0.220. The second kappa shape index (κ2) is 19.1. The zero-order valence-corrected chi connectivity index (χ0v) is 25.2. The van der Waals surface area contributed by atoms with E-state index >= 15 is 0 Å². The first-order valence-electron chi connectivity index (χ1n) is 14.6. The largest absolute Gasteiger partial charge is 0.484 e. The molecule has 0 saturated heterocycles. The van der Waals surface area contributed by atoms with Gasteiger partial charge in [-0.2, -0.15) is 0 Å². The molecule has 43 heavy (non-hydrogen) atoms. The van der Waals surface area contributed by atoms with Crippen LogP contribution < -0.4 is 42.2 Å². The lowest BCUT2D eigenvalue weighted by molar-refractivity contribution is -0.127. The van der Waals surface area contributed by atoms with Crippen molar-refractivity contribution in [2.45, 2.75) is 44.9 Å². The van der Waals surface area contributed by atoms with Crippen LogP contribution in [0.25, 0.3) is 0 Å². The van der Waals surface area contributed by atoms with Gasteiger partial charge in [0.2, 0.25) is 11.8 Å². The molecule has 12 heteroatoms. The number of benzene rings is 2. The molecule has 0 bridgehead atoms. The van der Waals surface area contributed by atoms with Gasteiger partial charge in [0.15, 0.2) is 13.2 Å². The monoisotopic (exact) mass is 598 g/mol. The molecule has 0 saturated carbocycles. The van der Waals surface area contributed by atoms with Gasteiger partial charge in [-0.1, -0.05) is 38.1 Å². The van der Waals surface area contributed by atoms with E-state index in [1.165, 1.54) is 0 Å². The molecule has 0 atom stereocenters. The van der Waals surface area contributed by atoms with E-state index in [0.29, 0.717) is 37.7 Å². The van der Waals surface area contributed by atoms with E-state index in [2.05, 4.69) is 35.1 Å². The first kappa shape index (κ1) is 35.0. The molecule has 0 radical (unpaired) electrons. The van der Waals surface area contributed by atoms with Crippen molar-refractivity contribution in [1.29, 1.82) is 0 Å². The van der Waals surface area contributed by atoms with E-state index in [9.17, 15) is 19.2 Å². The van der Waals surface area contributed by atoms with Crippen LogP contribution in [-0.4, -0.2) is 76.1 Å². The van der Waals surface area contributed by atoms with Gasteiger partial charge < -0.3 is 42.2 Å². The fraction of sp³-hybridized carbons (Fsp3) is 0.484. The first-order valence-corrected chi connectivity index (χ1v) is 14.6. The fourth-order valence-electron chi connectivity index (χ4n) is 3.98. The Morgan fingerprint density at radius 3 is 1.30 bits per heavy atom. The molecule has 2 rings (SSSR count). The van der Waals surface area contributed by atoms with Crippen molar-refractivity contribution in [3.05, 3.63) is 59.7 Å². The second-order valence-electron chi connectivity index (χ2n) is 10.5. The number of unbranched alkanes of at least 4 members (excludes halogenated alkanes) is 2. The van der Waals surface area contributed by atoms with Gasteiger partial charge in [-0.05, 0) is 74.2 Å². The maximum Gasteiger partial charge on any atom is 0.258 e. The van der Waals surface area contributed by atoms with Crippen LogP contribution in [-0.2, 0) is 24.6 Å². The molecule has 0 aliphatic carbocycles. The van der Waals surface area contributed by atoms with E-state index in [0.717, 1.165) is 36.8 Å². The minimum atomic E-state index is -0.388. The Morgan fingerprint density at radius 1 is 0.581 bits per heavy atom. The van der Waals surface area contributed by atoms with Crippen LogP contribution in [0.1, 0.15) is 50.7 Å². The average molecular weight is 599 g/mol. The number of carbonyl (C=O) groups excluding carboxylic acids is 4. The van der Waals surface area contributed by atoms with Crippen molar-refractivity contribution in [2.24, 2.45) is 11.5 Å². The molecule has 12 nitrogen and oxygen atoms in total. The Hall–Kier alpha value is -4.16. The molecule has 8 N–H and O–H groups in total. The Bertz CT molecular complexity index is 1060. The van der Waals surface area contributed by atoms with Crippen molar-refractivity contribution < 1.29 is 28.7 Å². The maximum atomic E-state index is 12.0. The summed E-state index contributed by atoms with van der Waals surface area (Å²) in [4.78, 5) is 47.6. The van der Waals surface area contributed by atoms with E-state index in [1.54, 1.807) is 24.3 Å². The van der Waals surface area contributed by atoms with Crippen molar-refractivity contribution in [2.75, 3.05) is 52.5 Å². The highest BCUT2D eigenvalue weighted by atomic mass is 16.5. The van der Waals surface area contributed by atoms with Gasteiger partial charge in [-0.15, -0.1) is 0 Å². The normalized spacial score (nSPS) is 10.9. The molecular weight excluding hydrogens is 552 g/mol. The van der Waals surface area contributed by atoms with E-state index in [1.807, 2.05) is 24.3 Å². The van der Waals surface area contributed by atoms with Crippen LogP contribution in [0.15, 0.2) is 48.5 Å². The van der Waals surface area contributed by atoms with Crippen molar-refractivity contribution in [3.63, 3.8) is 0 Å². The zero-order valence-electron chi connectivity index (χ0n) is 25.2. The Morgan fingerprint density at radius 2 is 0.953 bits per heavy atom. The highest BCUT2D eigenvalue weighted by Gasteiger charge is 2.23. The SMILES string of the molecule is CC(C)(c1ccc(OCC(=O)NCC(=O)NCCCCN)cc1)c1ccc(OCC(=O)NCC(=O)NCCCCN)cc1. The van der Waals surface area contributed by atoms with Crippen molar-refractivity contribution in [1.82, 2.24) is 21.3 Å². The molecule has 4 amide bonds. The number of hydrogen-bond acceptors (Lipinski definition) is 8. The summed E-state index contributed by atoms with van der Waals surface area (Å²) in [6.07, 6.45) is 3.26. The highest BCUT2D eigenvalue weighted by Crippen LogP contribution is 2.33. The quantitative estimate of drug-likeness (QED) is 0.120. The topological polar surface area (TPSA) is 187 Å². The van der Waals surface area contributed by atoms with Gasteiger partial charge in [0.25, 0.3) is 11.8 Å². The molecular formula is C31H46N6O6. The zero-order chi connectivity index (χ0) is 31.5. The van der Waals surface area contributed by atoms with Crippen molar-refractivity contribution >= 4 is 23.6 Å². The molecule has 0 fully saturated rings. The first-order chi connectivity index (χ1) is 20.6. The molecule has 0 heterocycles. The van der Waals surface area contributed by atoms with Gasteiger partial charge in [0.05, 0.1) is 13.1 Å². The van der Waals surface area contributed by atoms with E-state index < -0.39 is 0 Å². The summed E-state index contributed by atoms with van der Waals surface area (Å²) in [6.45, 7) is 5.76. The maximum absolute atomic E-state index is 12.0. The minimum absolute atomic E-state index is 0.107. The third kappa shape index (κ3) is 13.6. The van der Waals surface area contributed by atoms with E-state index in [4.69, 9.17) is 20.9 Å². The van der Waals surface area contributed by atoms with Crippen LogP contribution in [0.2, 0.25) is 0 Å². The molecule has 0 unspecified atom stereocenters. The van der Waals surface area contributed by atoms with Gasteiger partial charge in [0, 0.05) is 18.5 Å². The Kier molecular flexibility index (Phi) is 15.6. The van der Waals surface area contributed by atoms with Crippen LogP contribution in [0.5, 0.6) is 11.5 Å². The highest BCUT2D eigenvalue weighted by molar-refractivity contribution is 5.85. The molecule has 2 aromatic rings. The number of rotatable bonds is 20.